The summed E-state index contributed by atoms with van der Waals surface area (Å²) in [7, 11) is 0. The largest absolute Gasteiger partial charge is 0.493 e. The number of benzene rings is 4. The molecule has 7 heteroatoms. The minimum Gasteiger partial charge on any atom is -0.493 e. The summed E-state index contributed by atoms with van der Waals surface area (Å²) in [6.07, 6.45) is 11.7. The monoisotopic (exact) mass is 646 g/mol. The van der Waals surface area contributed by atoms with Gasteiger partial charge in [-0.1, -0.05) is 74.0 Å². The Hall–Kier alpha value is -5.30. The van der Waals surface area contributed by atoms with Gasteiger partial charge in [-0.3, -0.25) is 4.79 Å². The molecule has 0 heterocycles. The zero-order valence-electron chi connectivity index (χ0n) is 28.2. The topological polar surface area (TPSA) is 99.9 Å². The quantitative estimate of drug-likeness (QED) is 0.0512. The molecule has 0 aromatic heterocycles. The Balaban J connectivity index is 1.39. The van der Waals surface area contributed by atoms with Gasteiger partial charge < -0.3 is 25.3 Å². The van der Waals surface area contributed by atoms with Gasteiger partial charge in [0.05, 0.1) is 25.4 Å². The van der Waals surface area contributed by atoms with Crippen LogP contribution in [-0.4, -0.2) is 38.3 Å². The lowest BCUT2D eigenvalue weighted by molar-refractivity contribution is -0.140. The second kappa shape index (κ2) is 18.7. The maximum atomic E-state index is 12.6. The summed E-state index contributed by atoms with van der Waals surface area (Å²) in [6.45, 7) is 7.55. The molecular formula is C41H46N2O5. The van der Waals surface area contributed by atoms with Gasteiger partial charge in [0.25, 0.3) is 0 Å². The number of nitrogens with two attached hydrogens (primary N) is 1. The van der Waals surface area contributed by atoms with Crippen LogP contribution in [0.15, 0.2) is 84.9 Å². The van der Waals surface area contributed by atoms with E-state index in [0.717, 1.165) is 69.9 Å². The molecule has 0 aliphatic heterocycles. The third-order valence-electron chi connectivity index (χ3n) is 7.68. The van der Waals surface area contributed by atoms with Gasteiger partial charge in [-0.15, -0.1) is 0 Å². The first kappa shape index (κ1) is 35.6. The van der Waals surface area contributed by atoms with Crippen LogP contribution in [0.4, 0.5) is 11.4 Å². The fourth-order valence-corrected chi connectivity index (χ4v) is 4.87. The molecule has 0 unspecified atom stereocenters. The molecule has 0 saturated carbocycles. The Bertz CT molecular complexity index is 1670. The van der Waals surface area contributed by atoms with Crippen molar-refractivity contribution in [3.63, 3.8) is 0 Å². The molecule has 0 bridgehead atoms. The molecule has 0 atom stereocenters. The summed E-state index contributed by atoms with van der Waals surface area (Å²) in [6, 6.07) is 27.5. The van der Waals surface area contributed by atoms with Crippen molar-refractivity contribution in [1.82, 2.24) is 0 Å². The highest BCUT2D eigenvalue weighted by molar-refractivity contribution is 5.89. The number of rotatable bonds is 17. The van der Waals surface area contributed by atoms with Crippen LogP contribution in [0, 0.1) is 6.92 Å². The van der Waals surface area contributed by atoms with Gasteiger partial charge in [-0.25, -0.2) is 4.79 Å². The number of hydrogen-bond donors (Lipinski definition) is 2. The fraction of sp³-hybridized carbons (Fsp3) is 0.268. The number of aryl methyl sites for hydroxylation is 1. The van der Waals surface area contributed by atoms with E-state index in [-0.39, 0.29) is 18.5 Å². The van der Waals surface area contributed by atoms with E-state index in [9.17, 15) is 9.59 Å². The van der Waals surface area contributed by atoms with Crippen LogP contribution in [0.3, 0.4) is 0 Å². The second-order valence-electron chi connectivity index (χ2n) is 11.6. The van der Waals surface area contributed by atoms with Crippen molar-refractivity contribution in [3.05, 3.63) is 124 Å². The van der Waals surface area contributed by atoms with Crippen LogP contribution in [0.25, 0.3) is 24.3 Å². The number of carbonyl (C=O) groups is 2. The second-order valence-corrected chi connectivity index (χ2v) is 11.6. The van der Waals surface area contributed by atoms with E-state index in [1.54, 1.807) is 12.1 Å². The molecular weight excluding hydrogens is 600 g/mol. The van der Waals surface area contributed by atoms with Gasteiger partial charge in [-0.05, 0) is 89.7 Å². The fourth-order valence-electron chi connectivity index (χ4n) is 4.87. The first-order valence-corrected chi connectivity index (χ1v) is 16.5. The smallest absolute Gasteiger partial charge is 0.338 e. The highest BCUT2D eigenvalue weighted by atomic mass is 16.5. The van der Waals surface area contributed by atoms with Crippen molar-refractivity contribution in [2.45, 2.75) is 46.5 Å². The van der Waals surface area contributed by atoms with E-state index in [4.69, 9.17) is 19.9 Å². The number of ether oxygens (including phenoxy) is 3. The molecule has 7 nitrogen and oxygen atoms in total. The van der Waals surface area contributed by atoms with E-state index in [0.29, 0.717) is 31.6 Å². The van der Waals surface area contributed by atoms with E-state index in [1.807, 2.05) is 36.4 Å². The zero-order chi connectivity index (χ0) is 34.1. The van der Waals surface area contributed by atoms with Crippen molar-refractivity contribution >= 4 is 47.6 Å². The van der Waals surface area contributed by atoms with Crippen LogP contribution in [0.2, 0.25) is 0 Å². The predicted molar refractivity (Wildman–Crippen MR) is 197 cm³/mol. The zero-order valence-corrected chi connectivity index (χ0v) is 28.2. The van der Waals surface area contributed by atoms with Gasteiger partial charge >= 0.3 is 11.9 Å². The van der Waals surface area contributed by atoms with E-state index < -0.39 is 0 Å². The van der Waals surface area contributed by atoms with Crippen molar-refractivity contribution in [2.24, 2.45) is 0 Å². The molecule has 4 rings (SSSR count). The molecule has 0 amide bonds. The third kappa shape index (κ3) is 11.8. The SMILES string of the molecule is CCCCNc1ccc(/C=C/c2cc(C)c(/C=C/c3ccc(N)cc3)cc2OCCCOC(=O)c2ccc(CCOC(C)=O)cc2)cc1. The highest BCUT2D eigenvalue weighted by Gasteiger charge is 2.09. The minimum atomic E-state index is -0.387. The van der Waals surface area contributed by atoms with Crippen LogP contribution in [-0.2, 0) is 20.7 Å². The average Bonchev–Trinajstić information content (AvgIpc) is 3.08. The van der Waals surface area contributed by atoms with Gasteiger partial charge in [0.15, 0.2) is 0 Å². The summed E-state index contributed by atoms with van der Waals surface area (Å²) in [5.74, 6) is 0.0574. The Morgan fingerprint density at radius 3 is 2.08 bits per heavy atom. The molecule has 3 N–H and O–H groups in total. The van der Waals surface area contributed by atoms with Gasteiger partial charge in [0.1, 0.15) is 5.75 Å². The lowest BCUT2D eigenvalue weighted by Crippen LogP contribution is -2.10. The molecule has 4 aromatic carbocycles. The minimum absolute atomic E-state index is 0.229. The maximum absolute atomic E-state index is 12.6. The normalized spacial score (nSPS) is 11.1. The van der Waals surface area contributed by atoms with Crippen LogP contribution in [0.1, 0.15) is 76.8 Å². The Morgan fingerprint density at radius 2 is 1.42 bits per heavy atom. The first-order chi connectivity index (χ1) is 23.3. The maximum Gasteiger partial charge on any atom is 0.338 e. The van der Waals surface area contributed by atoms with E-state index in [2.05, 4.69) is 79.9 Å². The molecule has 0 aliphatic carbocycles. The number of hydrogen-bond acceptors (Lipinski definition) is 7. The molecule has 0 spiro atoms. The van der Waals surface area contributed by atoms with Crippen molar-refractivity contribution < 1.29 is 23.8 Å². The number of anilines is 2. The summed E-state index contributed by atoms with van der Waals surface area (Å²) < 4.78 is 16.8. The predicted octanol–water partition coefficient (Wildman–Crippen LogP) is 8.86. The molecule has 250 valence electrons. The van der Waals surface area contributed by atoms with Crippen molar-refractivity contribution in [3.8, 4) is 5.75 Å². The lowest BCUT2D eigenvalue weighted by Gasteiger charge is -2.13. The van der Waals surface area contributed by atoms with Gasteiger partial charge in [0, 0.05) is 43.2 Å². The van der Waals surface area contributed by atoms with Gasteiger partial charge in [-0.2, -0.15) is 0 Å². The molecule has 0 aliphatic rings. The van der Waals surface area contributed by atoms with Gasteiger partial charge in [0.2, 0.25) is 0 Å². The van der Waals surface area contributed by atoms with Crippen molar-refractivity contribution in [1.29, 1.82) is 0 Å². The number of carbonyl (C=O) groups excluding carboxylic acids is 2. The van der Waals surface area contributed by atoms with Crippen LogP contribution >= 0.6 is 0 Å². The molecule has 48 heavy (non-hydrogen) atoms. The molecule has 4 aromatic rings. The van der Waals surface area contributed by atoms with E-state index >= 15 is 0 Å². The number of nitrogens with one attached hydrogen (secondary N) is 1. The molecule has 0 fully saturated rings. The van der Waals surface area contributed by atoms with E-state index in [1.165, 1.54) is 6.92 Å². The van der Waals surface area contributed by atoms with Crippen molar-refractivity contribution in [2.75, 3.05) is 37.4 Å². The van der Waals surface area contributed by atoms with Crippen LogP contribution in [0.5, 0.6) is 5.75 Å². The average molecular weight is 647 g/mol. The Labute approximate surface area is 284 Å². The lowest BCUT2D eigenvalue weighted by atomic mass is 10.0. The summed E-state index contributed by atoms with van der Waals surface area (Å²) in [5, 5.41) is 3.46. The molecule has 0 radical (unpaired) electrons. The third-order valence-corrected chi connectivity index (χ3v) is 7.68. The summed E-state index contributed by atoms with van der Waals surface area (Å²) >= 11 is 0. The standard InChI is InChI=1S/C41H46N2O5/c1-4-5-24-43-39-21-13-33(14-22-39)10-18-37-28-30(2)36(17-9-32-11-19-38(42)20-12-32)29-40(37)47-25-6-26-48-41(45)35-15-7-34(8-16-35)23-27-46-31(3)44/h7-22,28-29,43H,4-6,23-27,42H2,1-3H3/b17-9+,18-10+. The number of unbranched alkanes of at least 4 members (excludes halogenated alkanes) is 1. The molecule has 0 saturated heterocycles. The van der Waals surface area contributed by atoms with Crippen LogP contribution < -0.4 is 15.8 Å². The number of esters is 2. The Morgan fingerprint density at radius 1 is 0.750 bits per heavy atom. The summed E-state index contributed by atoms with van der Waals surface area (Å²) in [5.41, 5.74) is 14.4. The first-order valence-electron chi connectivity index (χ1n) is 16.5. The number of nitrogen functional groups attached to an aromatic ring is 1. The summed E-state index contributed by atoms with van der Waals surface area (Å²) in [4.78, 5) is 23.5. The highest BCUT2D eigenvalue weighted by Crippen LogP contribution is 2.28. The Kier molecular flexibility index (Phi) is 13.9.